The number of furan rings is 1. The van der Waals surface area contributed by atoms with Gasteiger partial charge in [0.1, 0.15) is 11.3 Å². The molecule has 10 nitrogen and oxygen atoms in total. The zero-order valence-corrected chi connectivity index (χ0v) is 20.9. The molecule has 1 saturated heterocycles. The van der Waals surface area contributed by atoms with Gasteiger partial charge in [0.05, 0.1) is 30.0 Å². The van der Waals surface area contributed by atoms with Crippen LogP contribution in [0.4, 0.5) is 0 Å². The van der Waals surface area contributed by atoms with Crippen molar-refractivity contribution in [2.45, 2.75) is 32.2 Å². The summed E-state index contributed by atoms with van der Waals surface area (Å²) in [4.78, 5) is 39.1. The van der Waals surface area contributed by atoms with Gasteiger partial charge < -0.3 is 13.7 Å². The van der Waals surface area contributed by atoms with Crippen LogP contribution in [0.2, 0.25) is 0 Å². The minimum Gasteiger partial charge on any atom is -0.494 e. The molecule has 4 rings (SSSR count). The van der Waals surface area contributed by atoms with Crippen LogP contribution in [0.15, 0.2) is 57.8 Å². The van der Waals surface area contributed by atoms with Gasteiger partial charge in [-0.1, -0.05) is 42.8 Å². The topological polar surface area (TPSA) is 123 Å². The number of carbonyl (C=O) groups is 3. The van der Waals surface area contributed by atoms with Crippen molar-refractivity contribution in [1.29, 1.82) is 0 Å². The Kier molecular flexibility index (Phi) is 7.18. The van der Waals surface area contributed by atoms with E-state index < -0.39 is 41.5 Å². The summed E-state index contributed by atoms with van der Waals surface area (Å²) in [6.07, 6.45) is 0. The largest absolute Gasteiger partial charge is 0.640 e. The number of benzene rings is 2. The number of para-hydroxylation sites is 1. The van der Waals surface area contributed by atoms with E-state index >= 15 is 0 Å². The lowest BCUT2D eigenvalue weighted by atomic mass is 9.76. The Morgan fingerprint density at radius 2 is 1.64 bits per heavy atom. The summed E-state index contributed by atoms with van der Waals surface area (Å²) < 4.78 is 44.2. The number of carbonyl (C=O) groups excluding carboxylic acids is 3. The standard InChI is InChI=1S/C24H25BN2O8S/c1-4-26-14-22(29)34-25(35-23(30)15-26)24-19-7-5-6-8-20(19)33-21(24)13-27(17(3)28)36(31,32)18-11-9-16(2)10-12-18/h5-12H,4,13-15H2,1-3H3. The molecule has 1 amide bonds. The van der Waals surface area contributed by atoms with Crippen molar-refractivity contribution in [1.82, 2.24) is 9.21 Å². The van der Waals surface area contributed by atoms with Crippen LogP contribution in [0.3, 0.4) is 0 Å². The quantitative estimate of drug-likeness (QED) is 0.453. The molecule has 36 heavy (non-hydrogen) atoms. The predicted molar refractivity (Wildman–Crippen MR) is 130 cm³/mol. The van der Waals surface area contributed by atoms with Crippen molar-refractivity contribution in [3.8, 4) is 0 Å². The number of hydrogen-bond acceptors (Lipinski definition) is 9. The van der Waals surface area contributed by atoms with Gasteiger partial charge in [0.15, 0.2) is 0 Å². The third kappa shape index (κ3) is 5.14. The molecule has 0 atom stereocenters. The number of hydrogen-bond donors (Lipinski definition) is 0. The van der Waals surface area contributed by atoms with E-state index in [0.29, 0.717) is 21.8 Å². The van der Waals surface area contributed by atoms with Crippen molar-refractivity contribution in [2.75, 3.05) is 19.6 Å². The van der Waals surface area contributed by atoms with Gasteiger partial charge in [-0.2, -0.15) is 0 Å². The van der Waals surface area contributed by atoms with E-state index in [1.165, 1.54) is 12.1 Å². The van der Waals surface area contributed by atoms with E-state index in [-0.39, 0.29) is 29.2 Å². The van der Waals surface area contributed by atoms with Crippen LogP contribution in [-0.2, 0) is 40.3 Å². The zero-order valence-electron chi connectivity index (χ0n) is 20.1. The van der Waals surface area contributed by atoms with E-state index in [9.17, 15) is 22.8 Å². The van der Waals surface area contributed by atoms with Crippen LogP contribution in [-0.4, -0.2) is 62.2 Å². The summed E-state index contributed by atoms with van der Waals surface area (Å²) in [6, 6.07) is 12.8. The molecule has 1 aliphatic heterocycles. The molecule has 0 spiro atoms. The van der Waals surface area contributed by atoms with Crippen molar-refractivity contribution in [3.63, 3.8) is 0 Å². The molecule has 0 radical (unpaired) electrons. The fourth-order valence-electron chi connectivity index (χ4n) is 3.93. The average Bonchev–Trinajstić information content (AvgIpc) is 3.18. The van der Waals surface area contributed by atoms with Crippen LogP contribution in [0.25, 0.3) is 11.0 Å². The van der Waals surface area contributed by atoms with Crippen LogP contribution < -0.4 is 5.46 Å². The number of amides is 1. The Hall–Kier alpha value is -3.64. The third-order valence-electron chi connectivity index (χ3n) is 5.82. The van der Waals surface area contributed by atoms with Crippen LogP contribution in [0.1, 0.15) is 25.2 Å². The minimum absolute atomic E-state index is 0.0145. The Bertz CT molecular complexity index is 1400. The Labute approximate surface area is 208 Å². The molecule has 2 aromatic carbocycles. The maximum atomic E-state index is 13.4. The first-order chi connectivity index (χ1) is 17.1. The van der Waals surface area contributed by atoms with E-state index in [1.54, 1.807) is 48.2 Å². The van der Waals surface area contributed by atoms with E-state index in [0.717, 1.165) is 12.5 Å². The molecule has 2 heterocycles. The lowest BCUT2D eigenvalue weighted by molar-refractivity contribution is -0.145. The number of aryl methyl sites for hydroxylation is 1. The molecule has 0 bridgehead atoms. The highest BCUT2D eigenvalue weighted by Crippen LogP contribution is 2.24. The van der Waals surface area contributed by atoms with Gasteiger partial charge in [-0.3, -0.25) is 19.3 Å². The highest BCUT2D eigenvalue weighted by Gasteiger charge is 2.41. The zero-order chi connectivity index (χ0) is 26.0. The lowest BCUT2D eigenvalue weighted by Crippen LogP contribution is -2.50. The van der Waals surface area contributed by atoms with Crippen LogP contribution in [0.5, 0.6) is 0 Å². The molecule has 0 saturated carbocycles. The summed E-state index contributed by atoms with van der Waals surface area (Å²) in [5, 5.41) is 0.460. The summed E-state index contributed by atoms with van der Waals surface area (Å²) >= 11 is 0. The molecule has 0 unspecified atom stereocenters. The lowest BCUT2D eigenvalue weighted by Gasteiger charge is -2.25. The second-order valence-corrected chi connectivity index (χ2v) is 10.3. The van der Waals surface area contributed by atoms with Crippen molar-refractivity contribution in [3.05, 3.63) is 59.9 Å². The second-order valence-electron chi connectivity index (χ2n) is 8.39. The summed E-state index contributed by atoms with van der Waals surface area (Å²) in [5.41, 5.74) is 1.38. The summed E-state index contributed by atoms with van der Waals surface area (Å²) in [7, 11) is -5.72. The van der Waals surface area contributed by atoms with Gasteiger partial charge in [0.2, 0.25) is 5.91 Å². The smallest absolute Gasteiger partial charge is 0.494 e. The van der Waals surface area contributed by atoms with Gasteiger partial charge in [0, 0.05) is 12.3 Å². The number of nitrogens with zero attached hydrogens (tertiary/aromatic N) is 2. The fraction of sp³-hybridized carbons (Fsp3) is 0.292. The van der Waals surface area contributed by atoms with Crippen LogP contribution >= 0.6 is 0 Å². The Balaban J connectivity index is 1.78. The fourth-order valence-corrected chi connectivity index (χ4v) is 5.29. The monoisotopic (exact) mass is 512 g/mol. The second kappa shape index (κ2) is 10.2. The molecule has 12 heteroatoms. The average molecular weight is 512 g/mol. The maximum absolute atomic E-state index is 13.4. The SMILES string of the molecule is CCN1CC(=O)OB(c2c(CN(C(C)=O)S(=O)(=O)c3ccc(C)cc3)oc3ccccc23)OC(=O)C1. The number of likely N-dealkylation sites (N-methyl/N-ethyl adjacent to an activating group) is 1. The summed E-state index contributed by atoms with van der Waals surface area (Å²) in [5.74, 6) is -1.98. The predicted octanol–water partition coefficient (Wildman–Crippen LogP) is 1.60. The first-order valence-electron chi connectivity index (χ1n) is 11.3. The summed E-state index contributed by atoms with van der Waals surface area (Å²) in [6.45, 7) is 4.46. The van der Waals surface area contributed by atoms with Gasteiger partial charge in [0.25, 0.3) is 10.0 Å². The highest BCUT2D eigenvalue weighted by molar-refractivity contribution is 7.89. The minimum atomic E-state index is -4.24. The molecule has 188 valence electrons. The Morgan fingerprint density at radius 1 is 1.03 bits per heavy atom. The molecule has 1 aromatic heterocycles. The molecule has 3 aromatic rings. The van der Waals surface area contributed by atoms with E-state index in [1.807, 2.05) is 6.92 Å². The third-order valence-corrected chi connectivity index (χ3v) is 7.66. The van der Waals surface area contributed by atoms with Gasteiger partial charge >= 0.3 is 19.1 Å². The molecular weight excluding hydrogens is 487 g/mol. The van der Waals surface area contributed by atoms with Gasteiger partial charge in [-0.05, 0) is 31.7 Å². The first kappa shape index (κ1) is 25.5. The number of fused-ring (bicyclic) bond motifs is 1. The molecule has 0 aliphatic carbocycles. The normalized spacial score (nSPS) is 15.2. The van der Waals surface area contributed by atoms with Gasteiger partial charge in [-0.15, -0.1) is 0 Å². The first-order valence-corrected chi connectivity index (χ1v) is 12.8. The molecule has 0 N–H and O–H groups in total. The van der Waals surface area contributed by atoms with Gasteiger partial charge in [-0.25, -0.2) is 12.7 Å². The van der Waals surface area contributed by atoms with E-state index in [4.69, 9.17) is 13.7 Å². The van der Waals surface area contributed by atoms with Crippen molar-refractivity contribution < 1.29 is 36.5 Å². The number of rotatable bonds is 6. The Morgan fingerprint density at radius 3 is 2.22 bits per heavy atom. The van der Waals surface area contributed by atoms with Crippen molar-refractivity contribution >= 4 is 51.4 Å². The molecule has 1 aliphatic rings. The number of sulfonamides is 1. The molecular formula is C24H25BN2O8S. The molecule has 1 fully saturated rings. The van der Waals surface area contributed by atoms with Crippen molar-refractivity contribution in [2.24, 2.45) is 0 Å². The highest BCUT2D eigenvalue weighted by atomic mass is 32.2. The maximum Gasteiger partial charge on any atom is 0.640 e. The van der Waals surface area contributed by atoms with Crippen LogP contribution in [0, 0.1) is 6.92 Å². The van der Waals surface area contributed by atoms with E-state index in [2.05, 4.69) is 0 Å².